The molecule has 0 fully saturated rings. The van der Waals surface area contributed by atoms with Crippen molar-refractivity contribution in [1.82, 2.24) is 0 Å². The Balaban J connectivity index is 3.07. The summed E-state index contributed by atoms with van der Waals surface area (Å²) in [6.07, 6.45) is 0. The quantitative estimate of drug-likeness (QED) is 0.784. The lowest BCUT2D eigenvalue weighted by molar-refractivity contribution is -0.116. The Morgan fingerprint density at radius 2 is 1.77 bits per heavy atom. The van der Waals surface area contributed by atoms with Crippen molar-refractivity contribution in [3.63, 3.8) is 0 Å². The second kappa shape index (κ2) is 3.79. The molecule has 0 amide bonds. The molecule has 70 valence electrons. The summed E-state index contributed by atoms with van der Waals surface area (Å²) in [6, 6.07) is 4.07. The van der Waals surface area contributed by atoms with E-state index >= 15 is 0 Å². The molecule has 0 saturated heterocycles. The Labute approximate surface area is 84.1 Å². The number of ketones is 1. The maximum absolute atomic E-state index is 11.0. The number of Topliss-reactive ketones (excluding diaryl/α,β-unsaturated/α-hetero) is 1. The van der Waals surface area contributed by atoms with Crippen molar-refractivity contribution in [3.8, 4) is 11.5 Å². The van der Waals surface area contributed by atoms with E-state index in [1.54, 1.807) is 0 Å². The van der Waals surface area contributed by atoms with Gasteiger partial charge in [0.1, 0.15) is 17.3 Å². The van der Waals surface area contributed by atoms with Gasteiger partial charge in [0.05, 0.1) is 4.83 Å². The molecule has 3 nitrogen and oxygen atoms in total. The molecule has 1 aromatic carbocycles. The molecule has 0 heterocycles. The van der Waals surface area contributed by atoms with E-state index in [0.29, 0.717) is 5.56 Å². The molecule has 0 aliphatic rings. The summed E-state index contributed by atoms with van der Waals surface area (Å²) in [4.78, 5) is 10.5. The number of phenols is 2. The van der Waals surface area contributed by atoms with Crippen molar-refractivity contribution < 1.29 is 15.0 Å². The average Bonchev–Trinajstić information content (AvgIpc) is 2.01. The van der Waals surface area contributed by atoms with Gasteiger partial charge in [-0.25, -0.2) is 0 Å². The highest BCUT2D eigenvalue weighted by Crippen LogP contribution is 2.30. The van der Waals surface area contributed by atoms with E-state index in [1.807, 2.05) is 0 Å². The van der Waals surface area contributed by atoms with Gasteiger partial charge in [-0.1, -0.05) is 15.9 Å². The molecule has 0 aromatic heterocycles. The fourth-order valence-corrected chi connectivity index (χ4v) is 1.26. The molecule has 0 radical (unpaired) electrons. The molecule has 1 rings (SSSR count). The van der Waals surface area contributed by atoms with Crippen LogP contribution >= 0.6 is 15.9 Å². The fraction of sp³-hybridized carbons (Fsp3) is 0.222. The minimum atomic E-state index is -0.481. The summed E-state index contributed by atoms with van der Waals surface area (Å²) < 4.78 is 0. The van der Waals surface area contributed by atoms with E-state index < -0.39 is 4.83 Å². The van der Waals surface area contributed by atoms with Crippen LogP contribution in [0.25, 0.3) is 0 Å². The molecular weight excluding hydrogens is 236 g/mol. The van der Waals surface area contributed by atoms with Crippen LogP contribution in [0.3, 0.4) is 0 Å². The zero-order valence-corrected chi connectivity index (χ0v) is 8.58. The average molecular weight is 245 g/mol. The highest BCUT2D eigenvalue weighted by atomic mass is 79.9. The lowest BCUT2D eigenvalue weighted by Gasteiger charge is -2.06. The standard InChI is InChI=1S/C9H9BrO3/c1-5(11)9(10)6-2-7(12)4-8(13)3-6/h2-4,9,12-13H,1H3. The van der Waals surface area contributed by atoms with Crippen LogP contribution < -0.4 is 0 Å². The molecule has 0 aliphatic heterocycles. The second-order valence-corrected chi connectivity index (χ2v) is 3.67. The summed E-state index contributed by atoms with van der Waals surface area (Å²) >= 11 is 3.15. The smallest absolute Gasteiger partial charge is 0.147 e. The number of alkyl halides is 1. The number of benzene rings is 1. The summed E-state index contributed by atoms with van der Waals surface area (Å²) in [5.74, 6) is -0.189. The first-order valence-corrected chi connectivity index (χ1v) is 4.59. The Morgan fingerprint density at radius 1 is 1.31 bits per heavy atom. The lowest BCUT2D eigenvalue weighted by Crippen LogP contribution is -2.00. The van der Waals surface area contributed by atoms with Crippen molar-refractivity contribution in [2.75, 3.05) is 0 Å². The van der Waals surface area contributed by atoms with Crippen LogP contribution in [0.15, 0.2) is 18.2 Å². The number of halogens is 1. The van der Waals surface area contributed by atoms with Crippen LogP contribution in [0.4, 0.5) is 0 Å². The van der Waals surface area contributed by atoms with Gasteiger partial charge in [0.25, 0.3) is 0 Å². The third-order valence-electron chi connectivity index (χ3n) is 1.57. The minimum Gasteiger partial charge on any atom is -0.508 e. The monoisotopic (exact) mass is 244 g/mol. The predicted molar refractivity (Wildman–Crippen MR) is 52.1 cm³/mol. The van der Waals surface area contributed by atoms with E-state index in [4.69, 9.17) is 10.2 Å². The van der Waals surface area contributed by atoms with Crippen molar-refractivity contribution in [3.05, 3.63) is 23.8 Å². The first-order chi connectivity index (χ1) is 6.00. The summed E-state index contributed by atoms with van der Waals surface area (Å²) in [5.41, 5.74) is 0.546. The molecule has 1 aromatic rings. The number of carbonyl (C=O) groups excluding carboxylic acids is 1. The van der Waals surface area contributed by atoms with Gasteiger partial charge in [-0.15, -0.1) is 0 Å². The number of carbonyl (C=O) groups is 1. The minimum absolute atomic E-state index is 0.0549. The van der Waals surface area contributed by atoms with Crippen molar-refractivity contribution in [2.24, 2.45) is 0 Å². The molecule has 2 N–H and O–H groups in total. The van der Waals surface area contributed by atoms with Gasteiger partial charge in [0.15, 0.2) is 0 Å². The van der Waals surface area contributed by atoms with E-state index in [2.05, 4.69) is 15.9 Å². The maximum atomic E-state index is 11.0. The lowest BCUT2D eigenvalue weighted by atomic mass is 10.1. The Bertz CT molecular complexity index is 315. The summed E-state index contributed by atoms with van der Waals surface area (Å²) in [6.45, 7) is 1.43. The molecule has 13 heavy (non-hydrogen) atoms. The predicted octanol–water partition coefficient (Wildman–Crippen LogP) is 2.12. The molecule has 1 atom stereocenters. The first kappa shape index (κ1) is 10.1. The maximum Gasteiger partial charge on any atom is 0.147 e. The third-order valence-corrected chi connectivity index (χ3v) is 2.75. The highest BCUT2D eigenvalue weighted by molar-refractivity contribution is 9.09. The van der Waals surface area contributed by atoms with Crippen LogP contribution in [0.1, 0.15) is 17.3 Å². The molecular formula is C9H9BrO3. The van der Waals surface area contributed by atoms with E-state index in [9.17, 15) is 4.79 Å². The van der Waals surface area contributed by atoms with Gasteiger partial charge in [-0.2, -0.15) is 0 Å². The Hall–Kier alpha value is -1.03. The van der Waals surface area contributed by atoms with Crippen molar-refractivity contribution >= 4 is 21.7 Å². The normalized spacial score (nSPS) is 12.5. The molecule has 0 aliphatic carbocycles. The zero-order valence-electron chi connectivity index (χ0n) is 6.99. The number of rotatable bonds is 2. The second-order valence-electron chi connectivity index (χ2n) is 2.76. The van der Waals surface area contributed by atoms with Crippen LogP contribution in [-0.4, -0.2) is 16.0 Å². The van der Waals surface area contributed by atoms with E-state index in [0.717, 1.165) is 0 Å². The third kappa shape index (κ3) is 2.45. The van der Waals surface area contributed by atoms with Gasteiger partial charge in [-0.3, -0.25) is 4.79 Å². The van der Waals surface area contributed by atoms with Crippen molar-refractivity contribution in [2.45, 2.75) is 11.8 Å². The molecule has 4 heteroatoms. The fourth-order valence-electron chi connectivity index (χ4n) is 0.999. The van der Waals surface area contributed by atoms with Gasteiger partial charge < -0.3 is 10.2 Å². The van der Waals surface area contributed by atoms with E-state index in [1.165, 1.54) is 25.1 Å². The van der Waals surface area contributed by atoms with Crippen molar-refractivity contribution in [1.29, 1.82) is 0 Å². The van der Waals surface area contributed by atoms with Gasteiger partial charge in [0.2, 0.25) is 0 Å². The molecule has 0 spiro atoms. The van der Waals surface area contributed by atoms with E-state index in [-0.39, 0.29) is 17.3 Å². The topological polar surface area (TPSA) is 57.5 Å². The molecule has 1 unspecified atom stereocenters. The summed E-state index contributed by atoms with van der Waals surface area (Å²) in [7, 11) is 0. The SMILES string of the molecule is CC(=O)C(Br)c1cc(O)cc(O)c1. The number of aromatic hydroxyl groups is 2. The van der Waals surface area contributed by atoms with Gasteiger partial charge >= 0.3 is 0 Å². The Kier molecular flexibility index (Phi) is 2.93. The number of phenolic OH excluding ortho intramolecular Hbond substituents is 2. The van der Waals surface area contributed by atoms with Crippen LogP contribution in [0, 0.1) is 0 Å². The molecule has 0 bridgehead atoms. The first-order valence-electron chi connectivity index (χ1n) is 3.68. The van der Waals surface area contributed by atoms with Gasteiger partial charge in [-0.05, 0) is 24.6 Å². The highest BCUT2D eigenvalue weighted by Gasteiger charge is 2.13. The van der Waals surface area contributed by atoms with Crippen LogP contribution in [0.5, 0.6) is 11.5 Å². The zero-order chi connectivity index (χ0) is 10.0. The van der Waals surface area contributed by atoms with Gasteiger partial charge in [0, 0.05) is 6.07 Å². The molecule has 0 saturated carbocycles. The Morgan fingerprint density at radius 3 is 2.15 bits per heavy atom. The van der Waals surface area contributed by atoms with Crippen LogP contribution in [-0.2, 0) is 4.79 Å². The number of hydrogen-bond acceptors (Lipinski definition) is 3. The summed E-state index contributed by atoms with van der Waals surface area (Å²) in [5, 5.41) is 18.3. The number of hydrogen-bond donors (Lipinski definition) is 2. The largest absolute Gasteiger partial charge is 0.508 e. The van der Waals surface area contributed by atoms with Crippen LogP contribution in [0.2, 0.25) is 0 Å².